The fourth-order valence-electron chi connectivity index (χ4n) is 1.74. The van der Waals surface area contributed by atoms with E-state index in [-0.39, 0.29) is 23.2 Å². The highest BCUT2D eigenvalue weighted by Gasteiger charge is 2.27. The number of morpholine rings is 1. The summed E-state index contributed by atoms with van der Waals surface area (Å²) in [5.41, 5.74) is 0. The van der Waals surface area contributed by atoms with Crippen LogP contribution in [0.2, 0.25) is 5.28 Å². The van der Waals surface area contributed by atoms with Crippen LogP contribution in [0.4, 0.5) is 10.2 Å². The standard InChI is InChI=1S/C10H13ClFN3O/c1-6-5-16-7(2)4-15(6)9-8(12)3-13-10(11)14-9/h3,6-7H,4-5H2,1-2H3. The zero-order chi connectivity index (χ0) is 11.7. The molecule has 2 heterocycles. The molecule has 2 atom stereocenters. The second kappa shape index (κ2) is 4.51. The van der Waals surface area contributed by atoms with E-state index in [4.69, 9.17) is 16.3 Å². The first-order valence-electron chi connectivity index (χ1n) is 5.14. The number of rotatable bonds is 1. The van der Waals surface area contributed by atoms with Gasteiger partial charge in [0.2, 0.25) is 5.28 Å². The van der Waals surface area contributed by atoms with Gasteiger partial charge in [-0.3, -0.25) is 0 Å². The molecule has 0 aliphatic carbocycles. The van der Waals surface area contributed by atoms with Crippen LogP contribution in [-0.4, -0.2) is 35.3 Å². The van der Waals surface area contributed by atoms with Crippen molar-refractivity contribution in [3.05, 3.63) is 17.3 Å². The summed E-state index contributed by atoms with van der Waals surface area (Å²) in [6, 6.07) is 0.0802. The highest BCUT2D eigenvalue weighted by Crippen LogP contribution is 2.23. The van der Waals surface area contributed by atoms with Crippen LogP contribution >= 0.6 is 11.6 Å². The molecule has 1 aromatic rings. The van der Waals surface area contributed by atoms with Crippen molar-refractivity contribution in [1.82, 2.24) is 9.97 Å². The monoisotopic (exact) mass is 245 g/mol. The van der Waals surface area contributed by atoms with Gasteiger partial charge < -0.3 is 9.64 Å². The van der Waals surface area contributed by atoms with Gasteiger partial charge >= 0.3 is 0 Å². The van der Waals surface area contributed by atoms with Crippen molar-refractivity contribution in [2.24, 2.45) is 0 Å². The molecule has 0 aromatic carbocycles. The maximum absolute atomic E-state index is 13.6. The Morgan fingerprint density at radius 3 is 3.06 bits per heavy atom. The van der Waals surface area contributed by atoms with E-state index in [1.54, 1.807) is 0 Å². The number of halogens is 2. The molecular weight excluding hydrogens is 233 g/mol. The van der Waals surface area contributed by atoms with E-state index < -0.39 is 5.82 Å². The van der Waals surface area contributed by atoms with Gasteiger partial charge in [0.1, 0.15) is 0 Å². The zero-order valence-corrected chi connectivity index (χ0v) is 9.91. The summed E-state index contributed by atoms with van der Waals surface area (Å²) < 4.78 is 19.1. The Morgan fingerprint density at radius 1 is 1.56 bits per heavy atom. The second-order valence-electron chi connectivity index (χ2n) is 3.96. The normalized spacial score (nSPS) is 25.9. The topological polar surface area (TPSA) is 38.2 Å². The summed E-state index contributed by atoms with van der Waals surface area (Å²) in [4.78, 5) is 9.39. The quantitative estimate of drug-likeness (QED) is 0.708. The Hall–Kier alpha value is -0.940. The summed E-state index contributed by atoms with van der Waals surface area (Å²) in [5.74, 6) is -0.201. The number of hydrogen-bond donors (Lipinski definition) is 0. The molecular formula is C10H13ClFN3O. The summed E-state index contributed by atoms with van der Waals surface area (Å²) in [6.07, 6.45) is 1.15. The highest BCUT2D eigenvalue weighted by atomic mass is 35.5. The predicted molar refractivity (Wildman–Crippen MR) is 59.2 cm³/mol. The first kappa shape index (κ1) is 11.5. The van der Waals surface area contributed by atoms with Crippen LogP contribution in [0, 0.1) is 5.82 Å². The summed E-state index contributed by atoms with van der Waals surface area (Å²) in [7, 11) is 0. The maximum atomic E-state index is 13.6. The summed E-state index contributed by atoms with van der Waals surface area (Å²) in [6.45, 7) is 5.06. The lowest BCUT2D eigenvalue weighted by Gasteiger charge is -2.37. The molecule has 0 radical (unpaired) electrons. The minimum Gasteiger partial charge on any atom is -0.375 e. The average Bonchev–Trinajstić information content (AvgIpc) is 2.25. The Labute approximate surface area is 98.4 Å². The van der Waals surface area contributed by atoms with Crippen LogP contribution in [0.25, 0.3) is 0 Å². The molecule has 0 saturated carbocycles. The van der Waals surface area contributed by atoms with Gasteiger partial charge in [-0.1, -0.05) is 0 Å². The largest absolute Gasteiger partial charge is 0.375 e. The number of nitrogens with zero attached hydrogens (tertiary/aromatic N) is 3. The molecule has 0 bridgehead atoms. The lowest BCUT2D eigenvalue weighted by molar-refractivity contribution is 0.0337. The summed E-state index contributed by atoms with van der Waals surface area (Å²) >= 11 is 5.67. The van der Waals surface area contributed by atoms with Crippen LogP contribution in [0.3, 0.4) is 0 Å². The highest BCUT2D eigenvalue weighted by molar-refractivity contribution is 6.28. The van der Waals surface area contributed by atoms with Gasteiger partial charge in [0.15, 0.2) is 11.6 Å². The molecule has 1 fully saturated rings. The van der Waals surface area contributed by atoms with E-state index in [9.17, 15) is 4.39 Å². The third-order valence-corrected chi connectivity index (χ3v) is 2.76. The van der Waals surface area contributed by atoms with E-state index in [2.05, 4.69) is 9.97 Å². The fourth-order valence-corrected chi connectivity index (χ4v) is 1.87. The minimum absolute atomic E-state index is 0.0581. The van der Waals surface area contributed by atoms with Crippen molar-refractivity contribution < 1.29 is 9.13 Å². The molecule has 4 nitrogen and oxygen atoms in total. The van der Waals surface area contributed by atoms with Gasteiger partial charge in [-0.2, -0.15) is 4.98 Å². The van der Waals surface area contributed by atoms with Crippen molar-refractivity contribution in [1.29, 1.82) is 0 Å². The lowest BCUT2D eigenvalue weighted by Crippen LogP contribution is -2.48. The molecule has 2 rings (SSSR count). The predicted octanol–water partition coefficient (Wildman–Crippen LogP) is 1.88. The third kappa shape index (κ3) is 2.25. The second-order valence-corrected chi connectivity index (χ2v) is 4.29. The molecule has 0 amide bonds. The van der Waals surface area contributed by atoms with Crippen LogP contribution in [0.1, 0.15) is 13.8 Å². The van der Waals surface area contributed by atoms with Gasteiger partial charge in [0.25, 0.3) is 0 Å². The lowest BCUT2D eigenvalue weighted by atomic mass is 10.2. The van der Waals surface area contributed by atoms with Crippen molar-refractivity contribution in [3.63, 3.8) is 0 Å². The van der Waals surface area contributed by atoms with Gasteiger partial charge in [-0.05, 0) is 25.4 Å². The van der Waals surface area contributed by atoms with Crippen molar-refractivity contribution in [2.75, 3.05) is 18.1 Å². The molecule has 1 aliphatic heterocycles. The van der Waals surface area contributed by atoms with Gasteiger partial charge in [0.05, 0.1) is 24.9 Å². The Balaban J connectivity index is 2.30. The molecule has 0 spiro atoms. The molecule has 2 unspecified atom stereocenters. The molecule has 6 heteroatoms. The molecule has 88 valence electrons. The SMILES string of the molecule is CC1CN(c2nc(Cl)ncc2F)C(C)CO1. The number of ether oxygens (including phenoxy) is 1. The average molecular weight is 246 g/mol. The zero-order valence-electron chi connectivity index (χ0n) is 9.15. The number of aromatic nitrogens is 2. The van der Waals surface area contributed by atoms with Crippen molar-refractivity contribution in [2.45, 2.75) is 26.0 Å². The minimum atomic E-state index is -0.453. The van der Waals surface area contributed by atoms with Crippen LogP contribution in [0.15, 0.2) is 6.20 Å². The van der Waals surface area contributed by atoms with E-state index in [0.717, 1.165) is 6.20 Å². The fraction of sp³-hybridized carbons (Fsp3) is 0.600. The molecule has 0 N–H and O–H groups in total. The van der Waals surface area contributed by atoms with Crippen molar-refractivity contribution in [3.8, 4) is 0 Å². The molecule has 1 aromatic heterocycles. The van der Waals surface area contributed by atoms with Gasteiger partial charge in [-0.25, -0.2) is 9.37 Å². The molecule has 1 saturated heterocycles. The van der Waals surface area contributed by atoms with Gasteiger partial charge in [-0.15, -0.1) is 0 Å². The maximum Gasteiger partial charge on any atom is 0.224 e. The third-order valence-electron chi connectivity index (χ3n) is 2.58. The first-order chi connectivity index (χ1) is 7.58. The van der Waals surface area contributed by atoms with Crippen molar-refractivity contribution >= 4 is 17.4 Å². The van der Waals surface area contributed by atoms with E-state index >= 15 is 0 Å². The van der Waals surface area contributed by atoms with E-state index in [1.165, 1.54) is 0 Å². The van der Waals surface area contributed by atoms with Crippen LogP contribution < -0.4 is 4.90 Å². The van der Waals surface area contributed by atoms with E-state index in [0.29, 0.717) is 13.2 Å². The Kier molecular flexibility index (Phi) is 3.25. The summed E-state index contributed by atoms with van der Waals surface area (Å²) in [5, 5.41) is 0.0581. The number of hydrogen-bond acceptors (Lipinski definition) is 4. The van der Waals surface area contributed by atoms with E-state index in [1.807, 2.05) is 18.7 Å². The number of anilines is 1. The first-order valence-corrected chi connectivity index (χ1v) is 5.52. The molecule has 16 heavy (non-hydrogen) atoms. The Bertz CT molecular complexity index is 390. The Morgan fingerprint density at radius 2 is 2.31 bits per heavy atom. The molecule has 1 aliphatic rings. The van der Waals surface area contributed by atoms with Crippen LogP contribution in [0.5, 0.6) is 0 Å². The van der Waals surface area contributed by atoms with Gasteiger partial charge in [0, 0.05) is 6.54 Å². The smallest absolute Gasteiger partial charge is 0.224 e. The van der Waals surface area contributed by atoms with Crippen LogP contribution in [-0.2, 0) is 4.74 Å².